The van der Waals surface area contributed by atoms with Crippen molar-refractivity contribution in [3.63, 3.8) is 0 Å². The first-order valence-corrected chi connectivity index (χ1v) is 8.82. The first-order valence-electron chi connectivity index (χ1n) is 8.82. The van der Waals surface area contributed by atoms with Crippen LogP contribution in [0.15, 0.2) is 42.5 Å². The highest BCUT2D eigenvalue weighted by Crippen LogP contribution is 2.31. The predicted octanol–water partition coefficient (Wildman–Crippen LogP) is 2.43. The fourth-order valence-corrected chi connectivity index (χ4v) is 3.33. The van der Waals surface area contributed by atoms with Gasteiger partial charge in [0.2, 0.25) is 0 Å². The van der Waals surface area contributed by atoms with Crippen LogP contribution in [0.5, 0.6) is 17.2 Å². The molecule has 0 bridgehead atoms. The minimum atomic E-state index is 0.0345. The molecule has 0 spiro atoms. The average molecular weight is 354 g/mol. The first kappa shape index (κ1) is 16.6. The topological polar surface area (TPSA) is 51.2 Å². The van der Waals surface area contributed by atoms with E-state index in [-0.39, 0.29) is 5.91 Å². The molecule has 1 saturated heterocycles. The molecule has 0 atom stereocenters. The molecule has 0 radical (unpaired) electrons. The third-order valence-corrected chi connectivity index (χ3v) is 4.77. The molecule has 0 N–H and O–H groups in total. The molecule has 2 aromatic carbocycles. The van der Waals surface area contributed by atoms with Crippen molar-refractivity contribution in [3.8, 4) is 17.2 Å². The molecule has 2 aliphatic heterocycles. The molecule has 26 heavy (non-hydrogen) atoms. The van der Waals surface area contributed by atoms with Gasteiger partial charge in [-0.05, 0) is 30.3 Å². The minimum Gasteiger partial charge on any atom is -0.497 e. The van der Waals surface area contributed by atoms with Crippen LogP contribution in [-0.2, 0) is 0 Å². The van der Waals surface area contributed by atoms with Crippen LogP contribution >= 0.6 is 0 Å². The van der Waals surface area contributed by atoms with Crippen LogP contribution in [0, 0.1) is 0 Å². The van der Waals surface area contributed by atoms with Crippen LogP contribution in [0.4, 0.5) is 5.69 Å². The molecule has 6 nitrogen and oxygen atoms in total. The molecule has 1 fully saturated rings. The van der Waals surface area contributed by atoms with Gasteiger partial charge in [0.25, 0.3) is 5.91 Å². The number of hydrogen-bond acceptors (Lipinski definition) is 5. The normalized spacial score (nSPS) is 16.3. The summed E-state index contributed by atoms with van der Waals surface area (Å²) in [5.41, 5.74) is 1.76. The molecular formula is C20H22N2O4. The Morgan fingerprint density at radius 1 is 0.962 bits per heavy atom. The number of ether oxygens (including phenoxy) is 3. The van der Waals surface area contributed by atoms with Gasteiger partial charge >= 0.3 is 0 Å². The van der Waals surface area contributed by atoms with Gasteiger partial charge in [0.15, 0.2) is 11.5 Å². The predicted molar refractivity (Wildman–Crippen MR) is 98.5 cm³/mol. The maximum atomic E-state index is 12.8. The summed E-state index contributed by atoms with van der Waals surface area (Å²) >= 11 is 0. The molecule has 0 saturated carbocycles. The first-order chi connectivity index (χ1) is 12.7. The van der Waals surface area contributed by atoms with E-state index in [1.54, 1.807) is 13.2 Å². The SMILES string of the molecule is COc1cccc(N2CCN(C(=O)c3ccc4c(c3)OCCO4)CC2)c1. The Balaban J connectivity index is 1.42. The lowest BCUT2D eigenvalue weighted by atomic mass is 10.1. The smallest absolute Gasteiger partial charge is 0.254 e. The zero-order valence-corrected chi connectivity index (χ0v) is 14.8. The van der Waals surface area contributed by atoms with Gasteiger partial charge in [-0.3, -0.25) is 4.79 Å². The van der Waals surface area contributed by atoms with Crippen molar-refractivity contribution >= 4 is 11.6 Å². The van der Waals surface area contributed by atoms with Gasteiger partial charge in [-0.25, -0.2) is 0 Å². The number of rotatable bonds is 3. The third-order valence-electron chi connectivity index (χ3n) is 4.77. The van der Waals surface area contributed by atoms with Gasteiger partial charge < -0.3 is 24.0 Å². The standard InChI is InChI=1S/C20H22N2O4/c1-24-17-4-2-3-16(14-17)21-7-9-22(10-8-21)20(23)15-5-6-18-19(13-15)26-12-11-25-18/h2-6,13-14H,7-12H2,1H3. The summed E-state index contributed by atoms with van der Waals surface area (Å²) in [6.07, 6.45) is 0. The summed E-state index contributed by atoms with van der Waals surface area (Å²) < 4.78 is 16.4. The Labute approximate surface area is 152 Å². The van der Waals surface area contributed by atoms with E-state index in [1.807, 2.05) is 35.2 Å². The average Bonchev–Trinajstić information content (AvgIpc) is 2.73. The van der Waals surface area contributed by atoms with Crippen LogP contribution in [0.25, 0.3) is 0 Å². The molecule has 1 amide bonds. The highest BCUT2D eigenvalue weighted by atomic mass is 16.6. The van der Waals surface area contributed by atoms with Crippen molar-refractivity contribution in [2.45, 2.75) is 0 Å². The molecule has 2 heterocycles. The van der Waals surface area contributed by atoms with Crippen molar-refractivity contribution in [2.75, 3.05) is 51.4 Å². The highest BCUT2D eigenvalue weighted by Gasteiger charge is 2.24. The summed E-state index contributed by atoms with van der Waals surface area (Å²) in [5.74, 6) is 2.23. The lowest BCUT2D eigenvalue weighted by Gasteiger charge is -2.36. The summed E-state index contributed by atoms with van der Waals surface area (Å²) in [4.78, 5) is 17.0. The largest absolute Gasteiger partial charge is 0.497 e. The Kier molecular flexibility index (Phi) is 4.56. The number of anilines is 1. The number of piperazine rings is 1. The lowest BCUT2D eigenvalue weighted by Crippen LogP contribution is -2.48. The number of fused-ring (bicyclic) bond motifs is 1. The molecule has 2 aliphatic rings. The molecule has 0 aromatic heterocycles. The highest BCUT2D eigenvalue weighted by molar-refractivity contribution is 5.95. The van der Waals surface area contributed by atoms with Gasteiger partial charge in [-0.2, -0.15) is 0 Å². The second-order valence-electron chi connectivity index (χ2n) is 6.34. The minimum absolute atomic E-state index is 0.0345. The lowest BCUT2D eigenvalue weighted by molar-refractivity contribution is 0.0745. The second kappa shape index (κ2) is 7.15. The van der Waals surface area contributed by atoms with Crippen LogP contribution in [0.2, 0.25) is 0 Å². The quantitative estimate of drug-likeness (QED) is 0.847. The Hall–Kier alpha value is -2.89. The van der Waals surface area contributed by atoms with Crippen LogP contribution in [-0.4, -0.2) is 57.3 Å². The fourth-order valence-electron chi connectivity index (χ4n) is 3.33. The van der Waals surface area contributed by atoms with Crippen LogP contribution in [0.3, 0.4) is 0 Å². The van der Waals surface area contributed by atoms with Gasteiger partial charge in [0.1, 0.15) is 19.0 Å². The Bertz CT molecular complexity index is 800. The maximum absolute atomic E-state index is 12.8. The summed E-state index contributed by atoms with van der Waals surface area (Å²) in [6.45, 7) is 4.03. The van der Waals surface area contributed by atoms with Crippen molar-refractivity contribution in [3.05, 3.63) is 48.0 Å². The Morgan fingerprint density at radius 2 is 1.73 bits per heavy atom. The monoisotopic (exact) mass is 354 g/mol. The molecule has 0 aliphatic carbocycles. The van der Waals surface area contributed by atoms with E-state index in [2.05, 4.69) is 11.0 Å². The summed E-state index contributed by atoms with van der Waals surface area (Å²) in [7, 11) is 1.67. The maximum Gasteiger partial charge on any atom is 0.254 e. The number of carbonyl (C=O) groups excluding carboxylic acids is 1. The van der Waals surface area contributed by atoms with Gasteiger partial charge in [-0.1, -0.05) is 6.07 Å². The number of methoxy groups -OCH3 is 1. The van der Waals surface area contributed by atoms with E-state index in [0.29, 0.717) is 43.4 Å². The van der Waals surface area contributed by atoms with E-state index in [4.69, 9.17) is 14.2 Å². The van der Waals surface area contributed by atoms with Gasteiger partial charge in [-0.15, -0.1) is 0 Å². The fraction of sp³-hybridized carbons (Fsp3) is 0.350. The third kappa shape index (κ3) is 3.27. The van der Waals surface area contributed by atoms with Crippen molar-refractivity contribution in [1.29, 1.82) is 0 Å². The molecule has 136 valence electrons. The molecule has 4 rings (SSSR count). The molecule has 0 unspecified atom stereocenters. The number of nitrogens with zero attached hydrogens (tertiary/aromatic N) is 2. The van der Waals surface area contributed by atoms with Crippen molar-refractivity contribution in [2.24, 2.45) is 0 Å². The molecular weight excluding hydrogens is 332 g/mol. The Morgan fingerprint density at radius 3 is 2.50 bits per heavy atom. The van der Waals surface area contributed by atoms with Crippen molar-refractivity contribution in [1.82, 2.24) is 4.90 Å². The molecule has 2 aromatic rings. The zero-order chi connectivity index (χ0) is 17.9. The van der Waals surface area contributed by atoms with E-state index < -0.39 is 0 Å². The van der Waals surface area contributed by atoms with Gasteiger partial charge in [0, 0.05) is 43.5 Å². The van der Waals surface area contributed by atoms with Crippen molar-refractivity contribution < 1.29 is 19.0 Å². The second-order valence-corrected chi connectivity index (χ2v) is 6.34. The van der Waals surface area contributed by atoms with E-state index in [0.717, 1.165) is 24.5 Å². The van der Waals surface area contributed by atoms with E-state index in [9.17, 15) is 4.79 Å². The van der Waals surface area contributed by atoms with E-state index >= 15 is 0 Å². The summed E-state index contributed by atoms with van der Waals surface area (Å²) in [5, 5.41) is 0. The van der Waals surface area contributed by atoms with Crippen LogP contribution in [0.1, 0.15) is 10.4 Å². The van der Waals surface area contributed by atoms with Gasteiger partial charge in [0.05, 0.1) is 7.11 Å². The number of benzene rings is 2. The zero-order valence-electron chi connectivity index (χ0n) is 14.8. The summed E-state index contributed by atoms with van der Waals surface area (Å²) in [6, 6.07) is 13.4. The number of carbonyl (C=O) groups is 1. The van der Waals surface area contributed by atoms with E-state index in [1.165, 1.54) is 0 Å². The number of hydrogen-bond donors (Lipinski definition) is 0. The van der Waals surface area contributed by atoms with Crippen LogP contribution < -0.4 is 19.1 Å². The number of amides is 1. The molecule has 6 heteroatoms.